The van der Waals surface area contributed by atoms with E-state index in [-0.39, 0.29) is 23.2 Å². The third-order valence-corrected chi connectivity index (χ3v) is 4.50. The molecule has 3 rings (SSSR count). The van der Waals surface area contributed by atoms with Crippen LogP contribution < -0.4 is 10.9 Å². The molecular formula is C19H18F4N4O. The molecule has 0 radical (unpaired) electrons. The summed E-state index contributed by atoms with van der Waals surface area (Å²) >= 11 is 0. The van der Waals surface area contributed by atoms with Gasteiger partial charge in [0.1, 0.15) is 11.5 Å². The topological polar surface area (TPSA) is 59.8 Å². The van der Waals surface area contributed by atoms with Crippen molar-refractivity contribution in [1.82, 2.24) is 14.5 Å². The van der Waals surface area contributed by atoms with Crippen molar-refractivity contribution < 1.29 is 17.6 Å². The number of anilines is 2. The molecule has 1 aromatic carbocycles. The Kier molecular flexibility index (Phi) is 5.35. The van der Waals surface area contributed by atoms with Crippen LogP contribution in [0.4, 0.5) is 29.2 Å². The third-order valence-electron chi connectivity index (χ3n) is 4.50. The quantitative estimate of drug-likeness (QED) is 0.615. The van der Waals surface area contributed by atoms with Gasteiger partial charge in [0.15, 0.2) is 0 Å². The van der Waals surface area contributed by atoms with E-state index in [1.165, 1.54) is 12.3 Å². The minimum Gasteiger partial charge on any atom is -0.324 e. The van der Waals surface area contributed by atoms with Gasteiger partial charge in [0.2, 0.25) is 5.95 Å². The summed E-state index contributed by atoms with van der Waals surface area (Å²) in [6.45, 7) is 3.91. The molecule has 148 valence electrons. The van der Waals surface area contributed by atoms with Crippen LogP contribution in [0, 0.1) is 5.82 Å². The highest BCUT2D eigenvalue weighted by molar-refractivity contribution is 5.75. The predicted octanol–water partition coefficient (Wildman–Crippen LogP) is 5.05. The molecule has 28 heavy (non-hydrogen) atoms. The molecule has 0 aliphatic rings. The van der Waals surface area contributed by atoms with E-state index < -0.39 is 17.6 Å². The maximum Gasteiger partial charge on any atom is 0.419 e. The summed E-state index contributed by atoms with van der Waals surface area (Å²) in [5.41, 5.74) is -1.23. The van der Waals surface area contributed by atoms with Crippen LogP contribution in [0.2, 0.25) is 0 Å². The van der Waals surface area contributed by atoms with Crippen LogP contribution in [0.25, 0.3) is 11.0 Å². The van der Waals surface area contributed by atoms with Crippen LogP contribution in [0.5, 0.6) is 0 Å². The molecule has 2 aromatic heterocycles. The van der Waals surface area contributed by atoms with Crippen LogP contribution in [-0.2, 0) is 6.18 Å². The Balaban J connectivity index is 2.06. The second kappa shape index (κ2) is 7.57. The molecule has 0 aliphatic heterocycles. The van der Waals surface area contributed by atoms with Crippen molar-refractivity contribution >= 4 is 22.7 Å². The van der Waals surface area contributed by atoms with E-state index in [4.69, 9.17) is 0 Å². The van der Waals surface area contributed by atoms with E-state index in [1.807, 2.05) is 13.8 Å². The normalized spacial score (nSPS) is 12.0. The number of hydrogen-bond donors (Lipinski definition) is 1. The average Bonchev–Trinajstić information content (AvgIpc) is 2.65. The lowest BCUT2D eigenvalue weighted by Crippen LogP contribution is -2.24. The van der Waals surface area contributed by atoms with Gasteiger partial charge < -0.3 is 5.32 Å². The summed E-state index contributed by atoms with van der Waals surface area (Å²) in [5.74, 6) is -1.35. The van der Waals surface area contributed by atoms with Gasteiger partial charge in [0, 0.05) is 29.4 Å². The van der Waals surface area contributed by atoms with Gasteiger partial charge in [-0.25, -0.2) is 9.37 Å². The van der Waals surface area contributed by atoms with Crippen LogP contribution in [-0.4, -0.2) is 14.5 Å². The van der Waals surface area contributed by atoms with Crippen LogP contribution in [0.1, 0.15) is 38.3 Å². The van der Waals surface area contributed by atoms with Crippen molar-refractivity contribution in [2.24, 2.45) is 0 Å². The summed E-state index contributed by atoms with van der Waals surface area (Å²) in [7, 11) is 0. The van der Waals surface area contributed by atoms with Crippen molar-refractivity contribution in [2.75, 3.05) is 5.32 Å². The first-order chi connectivity index (χ1) is 13.2. The Labute approximate surface area is 158 Å². The molecule has 2 heterocycles. The Bertz CT molecular complexity index is 1060. The number of hydrogen-bond acceptors (Lipinski definition) is 4. The molecule has 3 aromatic rings. The van der Waals surface area contributed by atoms with Gasteiger partial charge in [-0.15, -0.1) is 0 Å². The largest absolute Gasteiger partial charge is 0.419 e. The second-order valence-corrected chi connectivity index (χ2v) is 6.30. The number of nitrogens with zero attached hydrogens (tertiary/aromatic N) is 3. The number of alkyl halides is 3. The average molecular weight is 394 g/mol. The smallest absolute Gasteiger partial charge is 0.324 e. The SMILES string of the molecule is CCC(CC)n1c(=O)ccc2cnc(Nc3ccc(F)c(C(F)(F)F)c3)nc21. The Hall–Kier alpha value is -2.97. The fourth-order valence-corrected chi connectivity index (χ4v) is 3.05. The zero-order chi connectivity index (χ0) is 20.5. The van der Waals surface area contributed by atoms with Crippen molar-refractivity contribution in [3.8, 4) is 0 Å². The highest BCUT2D eigenvalue weighted by Gasteiger charge is 2.34. The van der Waals surface area contributed by atoms with E-state index in [0.717, 1.165) is 25.0 Å². The maximum atomic E-state index is 13.5. The van der Waals surface area contributed by atoms with E-state index in [1.54, 1.807) is 10.6 Å². The standard InChI is InChI=1S/C19H18F4N4O/c1-3-13(4-2)27-16(28)8-5-11-10-24-18(26-17(11)27)25-12-6-7-15(20)14(9-12)19(21,22)23/h5-10,13H,3-4H2,1-2H3,(H,24,25,26). The molecule has 0 unspecified atom stereocenters. The molecule has 0 aliphatic carbocycles. The lowest BCUT2D eigenvalue weighted by Gasteiger charge is -2.18. The van der Waals surface area contributed by atoms with E-state index in [9.17, 15) is 22.4 Å². The fourth-order valence-electron chi connectivity index (χ4n) is 3.05. The molecule has 0 bridgehead atoms. The summed E-state index contributed by atoms with van der Waals surface area (Å²) < 4.78 is 53.7. The van der Waals surface area contributed by atoms with Gasteiger partial charge in [0.05, 0.1) is 5.56 Å². The second-order valence-electron chi connectivity index (χ2n) is 6.30. The summed E-state index contributed by atoms with van der Waals surface area (Å²) in [4.78, 5) is 20.8. The molecule has 9 heteroatoms. The number of fused-ring (bicyclic) bond motifs is 1. The summed E-state index contributed by atoms with van der Waals surface area (Å²) in [6.07, 6.45) is -1.90. The third kappa shape index (κ3) is 3.83. The number of aromatic nitrogens is 3. The van der Waals surface area contributed by atoms with Gasteiger partial charge >= 0.3 is 6.18 Å². The Morgan fingerprint density at radius 1 is 1.14 bits per heavy atom. The maximum absolute atomic E-state index is 13.5. The van der Waals surface area contributed by atoms with E-state index in [2.05, 4.69) is 15.3 Å². The highest BCUT2D eigenvalue weighted by atomic mass is 19.4. The van der Waals surface area contributed by atoms with Gasteiger partial charge in [-0.05, 0) is 37.1 Å². The lowest BCUT2D eigenvalue weighted by atomic mass is 10.1. The number of rotatable bonds is 5. The van der Waals surface area contributed by atoms with Crippen molar-refractivity contribution in [3.05, 3.63) is 58.3 Å². The molecule has 5 nitrogen and oxygen atoms in total. The molecule has 0 amide bonds. The van der Waals surface area contributed by atoms with Crippen molar-refractivity contribution in [3.63, 3.8) is 0 Å². The number of pyridine rings is 1. The molecule has 0 atom stereocenters. The van der Waals surface area contributed by atoms with Gasteiger partial charge in [0.25, 0.3) is 5.56 Å². The predicted molar refractivity (Wildman–Crippen MR) is 98.1 cm³/mol. The van der Waals surface area contributed by atoms with Gasteiger partial charge in [-0.3, -0.25) is 9.36 Å². The van der Waals surface area contributed by atoms with E-state index in [0.29, 0.717) is 17.1 Å². The molecule has 0 fully saturated rings. The fraction of sp³-hybridized carbons (Fsp3) is 0.316. The molecule has 0 spiro atoms. The minimum atomic E-state index is -4.82. The first-order valence-electron chi connectivity index (χ1n) is 8.76. The van der Waals surface area contributed by atoms with Crippen LogP contribution in [0.15, 0.2) is 41.3 Å². The summed E-state index contributed by atoms with van der Waals surface area (Å²) in [5, 5.41) is 3.28. The Morgan fingerprint density at radius 3 is 2.50 bits per heavy atom. The Morgan fingerprint density at radius 2 is 1.86 bits per heavy atom. The van der Waals surface area contributed by atoms with Crippen LogP contribution >= 0.6 is 0 Å². The molecular weight excluding hydrogens is 376 g/mol. The van der Waals surface area contributed by atoms with E-state index >= 15 is 0 Å². The van der Waals surface area contributed by atoms with Gasteiger partial charge in [-0.2, -0.15) is 18.2 Å². The zero-order valence-electron chi connectivity index (χ0n) is 15.2. The highest BCUT2D eigenvalue weighted by Crippen LogP contribution is 2.33. The minimum absolute atomic E-state index is 0.0116. The number of nitrogens with one attached hydrogen (secondary N) is 1. The van der Waals surface area contributed by atoms with Gasteiger partial charge in [-0.1, -0.05) is 13.8 Å². The first kappa shape index (κ1) is 19.8. The molecule has 0 saturated carbocycles. The van der Waals surface area contributed by atoms with Crippen molar-refractivity contribution in [2.45, 2.75) is 38.9 Å². The summed E-state index contributed by atoms with van der Waals surface area (Å²) in [6, 6.07) is 5.51. The van der Waals surface area contributed by atoms with Crippen LogP contribution in [0.3, 0.4) is 0 Å². The lowest BCUT2D eigenvalue weighted by molar-refractivity contribution is -0.139. The number of halogens is 4. The zero-order valence-corrected chi connectivity index (χ0v) is 15.2. The number of benzene rings is 1. The first-order valence-corrected chi connectivity index (χ1v) is 8.76. The monoisotopic (exact) mass is 394 g/mol. The van der Waals surface area contributed by atoms with Crippen molar-refractivity contribution in [1.29, 1.82) is 0 Å². The molecule has 1 N–H and O–H groups in total. The molecule has 0 saturated heterocycles.